The van der Waals surface area contributed by atoms with Crippen LogP contribution in [0, 0.1) is 0 Å². The molecule has 1 rings (SSSR count). The molecule has 0 radical (unpaired) electrons. The number of nitrogens with zero attached hydrogens (tertiary/aromatic N) is 1. The zero-order chi connectivity index (χ0) is 13.6. The van der Waals surface area contributed by atoms with Crippen LogP contribution in [0.2, 0.25) is 0 Å². The SMILES string of the molecule is CC(CCc1cccnc1)NC(=O)OC(C)(C)C. The molecular weight excluding hydrogens is 228 g/mol. The number of pyridine rings is 1. The van der Waals surface area contributed by atoms with Gasteiger partial charge in [0.1, 0.15) is 5.60 Å². The van der Waals surface area contributed by atoms with Gasteiger partial charge in [0.05, 0.1) is 0 Å². The van der Waals surface area contributed by atoms with E-state index in [1.165, 1.54) is 5.56 Å². The van der Waals surface area contributed by atoms with Crippen LogP contribution in [-0.4, -0.2) is 22.7 Å². The quantitative estimate of drug-likeness (QED) is 0.893. The maximum Gasteiger partial charge on any atom is 0.407 e. The fourth-order valence-corrected chi connectivity index (χ4v) is 1.51. The molecule has 0 saturated heterocycles. The Hall–Kier alpha value is -1.58. The van der Waals surface area contributed by atoms with Crippen molar-refractivity contribution in [2.75, 3.05) is 0 Å². The van der Waals surface area contributed by atoms with E-state index in [0.29, 0.717) is 0 Å². The number of carbonyl (C=O) groups excluding carboxylic acids is 1. The molecule has 1 atom stereocenters. The van der Waals surface area contributed by atoms with E-state index in [1.54, 1.807) is 6.20 Å². The summed E-state index contributed by atoms with van der Waals surface area (Å²) in [6.45, 7) is 7.53. The number of hydrogen-bond acceptors (Lipinski definition) is 3. The smallest absolute Gasteiger partial charge is 0.407 e. The Bertz CT molecular complexity index is 371. The van der Waals surface area contributed by atoms with Crippen LogP contribution in [0.25, 0.3) is 0 Å². The van der Waals surface area contributed by atoms with Crippen molar-refractivity contribution in [3.8, 4) is 0 Å². The minimum Gasteiger partial charge on any atom is -0.444 e. The van der Waals surface area contributed by atoms with E-state index >= 15 is 0 Å². The first kappa shape index (κ1) is 14.5. The van der Waals surface area contributed by atoms with Gasteiger partial charge in [-0.05, 0) is 52.2 Å². The number of nitrogens with one attached hydrogen (secondary N) is 1. The molecule has 0 aliphatic carbocycles. The Morgan fingerprint density at radius 3 is 2.78 bits per heavy atom. The summed E-state index contributed by atoms with van der Waals surface area (Å²) in [5, 5.41) is 2.83. The molecule has 1 aromatic rings. The van der Waals surface area contributed by atoms with E-state index in [0.717, 1.165) is 12.8 Å². The van der Waals surface area contributed by atoms with E-state index < -0.39 is 5.60 Å². The fraction of sp³-hybridized carbons (Fsp3) is 0.571. The van der Waals surface area contributed by atoms with Crippen LogP contribution in [0.15, 0.2) is 24.5 Å². The van der Waals surface area contributed by atoms with Crippen molar-refractivity contribution in [3.05, 3.63) is 30.1 Å². The lowest BCUT2D eigenvalue weighted by Gasteiger charge is -2.21. The van der Waals surface area contributed by atoms with Crippen molar-refractivity contribution >= 4 is 6.09 Å². The molecule has 4 heteroatoms. The standard InChI is InChI=1S/C14H22N2O2/c1-11(16-13(17)18-14(2,3)4)7-8-12-6-5-9-15-10-12/h5-6,9-11H,7-8H2,1-4H3,(H,16,17). The van der Waals surface area contributed by atoms with Gasteiger partial charge in [0, 0.05) is 18.4 Å². The largest absolute Gasteiger partial charge is 0.444 e. The highest BCUT2D eigenvalue weighted by molar-refractivity contribution is 5.68. The Morgan fingerprint density at radius 2 is 2.22 bits per heavy atom. The highest BCUT2D eigenvalue weighted by Gasteiger charge is 2.17. The molecule has 0 saturated carbocycles. The van der Waals surface area contributed by atoms with E-state index in [2.05, 4.69) is 10.3 Å². The van der Waals surface area contributed by atoms with Gasteiger partial charge in [-0.25, -0.2) is 4.79 Å². The Morgan fingerprint density at radius 1 is 1.50 bits per heavy atom. The topological polar surface area (TPSA) is 51.2 Å². The summed E-state index contributed by atoms with van der Waals surface area (Å²) in [4.78, 5) is 15.6. The summed E-state index contributed by atoms with van der Waals surface area (Å²) >= 11 is 0. The molecule has 0 fully saturated rings. The summed E-state index contributed by atoms with van der Waals surface area (Å²) in [5.41, 5.74) is 0.725. The molecule has 1 unspecified atom stereocenters. The lowest BCUT2D eigenvalue weighted by atomic mass is 10.1. The Kier molecular flexibility index (Phi) is 5.13. The van der Waals surface area contributed by atoms with Gasteiger partial charge in [-0.15, -0.1) is 0 Å². The third-order valence-electron chi connectivity index (χ3n) is 2.35. The lowest BCUT2D eigenvalue weighted by molar-refractivity contribution is 0.0506. The molecular formula is C14H22N2O2. The van der Waals surface area contributed by atoms with Gasteiger partial charge in [0.25, 0.3) is 0 Å². The summed E-state index contributed by atoms with van der Waals surface area (Å²) in [6, 6.07) is 4.04. The molecule has 0 spiro atoms. The van der Waals surface area contributed by atoms with Gasteiger partial charge in [0.15, 0.2) is 0 Å². The van der Waals surface area contributed by atoms with Crippen LogP contribution < -0.4 is 5.32 Å². The predicted octanol–water partition coefficient (Wildman–Crippen LogP) is 2.93. The minimum absolute atomic E-state index is 0.0834. The van der Waals surface area contributed by atoms with Crippen LogP contribution in [0.5, 0.6) is 0 Å². The van der Waals surface area contributed by atoms with Crippen molar-refractivity contribution < 1.29 is 9.53 Å². The van der Waals surface area contributed by atoms with Crippen LogP contribution in [-0.2, 0) is 11.2 Å². The lowest BCUT2D eigenvalue weighted by Crippen LogP contribution is -2.37. The van der Waals surface area contributed by atoms with Gasteiger partial charge in [0.2, 0.25) is 0 Å². The van der Waals surface area contributed by atoms with Crippen LogP contribution in [0.3, 0.4) is 0 Å². The molecule has 0 aliphatic heterocycles. The minimum atomic E-state index is -0.451. The van der Waals surface area contributed by atoms with Crippen LogP contribution >= 0.6 is 0 Å². The number of aromatic nitrogens is 1. The molecule has 18 heavy (non-hydrogen) atoms. The molecule has 0 aliphatic rings. The second-order valence-electron chi connectivity index (χ2n) is 5.45. The zero-order valence-electron chi connectivity index (χ0n) is 11.6. The average molecular weight is 250 g/mol. The highest BCUT2D eigenvalue weighted by atomic mass is 16.6. The van der Waals surface area contributed by atoms with E-state index in [4.69, 9.17) is 4.74 Å². The first-order valence-electron chi connectivity index (χ1n) is 6.25. The summed E-state index contributed by atoms with van der Waals surface area (Å²) in [7, 11) is 0. The third kappa shape index (κ3) is 6.23. The second-order valence-corrected chi connectivity index (χ2v) is 5.45. The van der Waals surface area contributed by atoms with Gasteiger partial charge in [-0.3, -0.25) is 4.98 Å². The molecule has 0 bridgehead atoms. The molecule has 1 amide bonds. The molecule has 4 nitrogen and oxygen atoms in total. The molecule has 0 aromatic carbocycles. The van der Waals surface area contributed by atoms with Gasteiger partial charge in [-0.1, -0.05) is 6.07 Å². The second kappa shape index (κ2) is 6.38. The molecule has 1 aromatic heterocycles. The summed E-state index contributed by atoms with van der Waals surface area (Å²) in [5.74, 6) is 0. The normalized spacial score (nSPS) is 12.9. The number of alkyl carbamates (subject to hydrolysis) is 1. The third-order valence-corrected chi connectivity index (χ3v) is 2.35. The Balaban J connectivity index is 2.29. The number of amides is 1. The van der Waals surface area contributed by atoms with Crippen LogP contribution in [0.4, 0.5) is 4.79 Å². The Labute approximate surface area is 109 Å². The number of carbonyl (C=O) groups is 1. The molecule has 1 N–H and O–H groups in total. The average Bonchev–Trinajstić information content (AvgIpc) is 2.25. The van der Waals surface area contributed by atoms with Crippen molar-refractivity contribution in [1.29, 1.82) is 0 Å². The van der Waals surface area contributed by atoms with Crippen molar-refractivity contribution in [2.24, 2.45) is 0 Å². The fourth-order valence-electron chi connectivity index (χ4n) is 1.51. The van der Waals surface area contributed by atoms with Crippen molar-refractivity contribution in [3.63, 3.8) is 0 Å². The first-order valence-corrected chi connectivity index (χ1v) is 6.25. The number of aryl methyl sites for hydroxylation is 1. The monoisotopic (exact) mass is 250 g/mol. The van der Waals surface area contributed by atoms with Crippen molar-refractivity contribution in [2.45, 2.75) is 52.2 Å². The first-order chi connectivity index (χ1) is 8.37. The number of hydrogen-bond donors (Lipinski definition) is 1. The zero-order valence-corrected chi connectivity index (χ0v) is 11.6. The predicted molar refractivity (Wildman–Crippen MR) is 71.4 cm³/mol. The van der Waals surface area contributed by atoms with Gasteiger partial charge in [-0.2, -0.15) is 0 Å². The van der Waals surface area contributed by atoms with E-state index in [9.17, 15) is 4.79 Å². The highest BCUT2D eigenvalue weighted by Crippen LogP contribution is 2.08. The van der Waals surface area contributed by atoms with Crippen molar-refractivity contribution in [1.82, 2.24) is 10.3 Å². The van der Waals surface area contributed by atoms with E-state index in [-0.39, 0.29) is 12.1 Å². The maximum absolute atomic E-state index is 11.5. The number of ether oxygens (including phenoxy) is 1. The summed E-state index contributed by atoms with van der Waals surface area (Å²) in [6.07, 6.45) is 5.00. The summed E-state index contributed by atoms with van der Waals surface area (Å²) < 4.78 is 5.20. The molecule has 100 valence electrons. The van der Waals surface area contributed by atoms with Crippen LogP contribution in [0.1, 0.15) is 39.7 Å². The molecule has 1 heterocycles. The maximum atomic E-state index is 11.5. The van der Waals surface area contributed by atoms with Gasteiger partial charge >= 0.3 is 6.09 Å². The van der Waals surface area contributed by atoms with Gasteiger partial charge < -0.3 is 10.1 Å². The van der Waals surface area contributed by atoms with E-state index in [1.807, 2.05) is 46.0 Å². The number of rotatable bonds is 4.